The predicted octanol–water partition coefficient (Wildman–Crippen LogP) is 4.62. The third-order valence-corrected chi connectivity index (χ3v) is 4.25. The van der Waals surface area contributed by atoms with E-state index in [0.717, 1.165) is 42.0 Å². The molecule has 0 radical (unpaired) electrons. The number of halogens is 2. The van der Waals surface area contributed by atoms with Gasteiger partial charge in [0.25, 0.3) is 0 Å². The van der Waals surface area contributed by atoms with Gasteiger partial charge < -0.3 is 10.1 Å². The Hall–Kier alpha value is -1.23. The molecule has 0 saturated carbocycles. The third kappa shape index (κ3) is 5.69. The first-order valence-electron chi connectivity index (χ1n) is 8.10. The van der Waals surface area contributed by atoms with Gasteiger partial charge in [0.05, 0.1) is 18.3 Å². The minimum absolute atomic E-state index is 0. The van der Waals surface area contributed by atoms with Crippen molar-refractivity contribution in [3.05, 3.63) is 30.5 Å². The van der Waals surface area contributed by atoms with Crippen molar-refractivity contribution in [2.75, 3.05) is 32.1 Å². The first-order valence-corrected chi connectivity index (χ1v) is 8.10. The molecule has 0 bridgehead atoms. The van der Waals surface area contributed by atoms with Crippen LogP contribution in [0.1, 0.15) is 27.2 Å². The van der Waals surface area contributed by atoms with E-state index in [0.29, 0.717) is 6.04 Å². The smallest absolute Gasteiger partial charge is 0.121 e. The molecule has 0 spiro atoms. The Morgan fingerprint density at radius 2 is 2.00 bits per heavy atom. The van der Waals surface area contributed by atoms with Crippen LogP contribution in [-0.4, -0.2) is 42.7 Å². The monoisotopic (exact) mass is 373 g/mol. The van der Waals surface area contributed by atoms with E-state index in [2.05, 4.69) is 42.0 Å². The maximum absolute atomic E-state index is 5.39. The topological polar surface area (TPSA) is 37.4 Å². The van der Waals surface area contributed by atoms with Gasteiger partial charge in [0.1, 0.15) is 5.75 Å². The summed E-state index contributed by atoms with van der Waals surface area (Å²) in [7, 11) is 1.70. The van der Waals surface area contributed by atoms with Crippen molar-refractivity contribution < 1.29 is 4.74 Å². The van der Waals surface area contributed by atoms with Gasteiger partial charge in [-0.25, -0.2) is 0 Å². The minimum Gasteiger partial charge on any atom is -0.497 e. The van der Waals surface area contributed by atoms with Gasteiger partial charge in [0, 0.05) is 36.8 Å². The van der Waals surface area contributed by atoms with E-state index < -0.39 is 0 Å². The molecular weight excluding hydrogens is 345 g/mol. The van der Waals surface area contributed by atoms with Gasteiger partial charge in [0.2, 0.25) is 0 Å². The van der Waals surface area contributed by atoms with Gasteiger partial charge >= 0.3 is 0 Å². The first kappa shape index (κ1) is 22.8. The van der Waals surface area contributed by atoms with Gasteiger partial charge in [-0.3, -0.25) is 9.88 Å². The van der Waals surface area contributed by atoms with Crippen LogP contribution < -0.4 is 10.1 Å². The quantitative estimate of drug-likeness (QED) is 0.732. The lowest BCUT2D eigenvalue weighted by molar-refractivity contribution is 0.223. The molecule has 0 fully saturated rings. The largest absolute Gasteiger partial charge is 0.497 e. The number of hydrogen-bond acceptors (Lipinski definition) is 4. The fraction of sp³-hybridized carbons (Fsp3) is 0.500. The summed E-state index contributed by atoms with van der Waals surface area (Å²) in [6, 6.07) is 8.67. The fourth-order valence-electron chi connectivity index (χ4n) is 2.70. The molecule has 136 valence electrons. The number of likely N-dealkylation sites (N-methyl/N-ethyl adjacent to an activating group) is 1. The second-order valence-corrected chi connectivity index (χ2v) is 5.56. The number of anilines is 1. The molecule has 0 aliphatic heterocycles. The number of hydrogen-bond donors (Lipinski definition) is 1. The Labute approximate surface area is 157 Å². The van der Waals surface area contributed by atoms with E-state index in [9.17, 15) is 0 Å². The molecule has 24 heavy (non-hydrogen) atoms. The van der Waals surface area contributed by atoms with E-state index in [1.165, 1.54) is 6.42 Å². The Morgan fingerprint density at radius 1 is 1.25 bits per heavy atom. The molecule has 1 aromatic heterocycles. The fourth-order valence-corrected chi connectivity index (χ4v) is 2.70. The molecule has 6 heteroatoms. The van der Waals surface area contributed by atoms with Crippen molar-refractivity contribution in [3.63, 3.8) is 0 Å². The molecule has 1 aromatic carbocycles. The number of rotatable bonds is 8. The molecule has 1 heterocycles. The number of nitrogens with zero attached hydrogens (tertiary/aromatic N) is 2. The molecule has 1 unspecified atom stereocenters. The predicted molar refractivity (Wildman–Crippen MR) is 108 cm³/mol. The number of methoxy groups -OCH3 is 1. The van der Waals surface area contributed by atoms with Crippen LogP contribution in [0.3, 0.4) is 0 Å². The highest BCUT2D eigenvalue weighted by Crippen LogP contribution is 2.27. The third-order valence-electron chi connectivity index (χ3n) is 4.25. The van der Waals surface area contributed by atoms with E-state index in [1.54, 1.807) is 7.11 Å². The van der Waals surface area contributed by atoms with Crippen LogP contribution in [-0.2, 0) is 0 Å². The van der Waals surface area contributed by atoms with Crippen LogP contribution >= 0.6 is 24.8 Å². The van der Waals surface area contributed by atoms with Gasteiger partial charge in [0.15, 0.2) is 0 Å². The number of nitrogens with one attached hydrogen (secondary N) is 1. The normalized spacial score (nSPS) is 11.5. The van der Waals surface area contributed by atoms with Crippen LogP contribution in [0.2, 0.25) is 0 Å². The van der Waals surface area contributed by atoms with Gasteiger partial charge in [-0.1, -0.05) is 19.9 Å². The maximum atomic E-state index is 5.39. The molecule has 2 rings (SSSR count). The van der Waals surface area contributed by atoms with Crippen molar-refractivity contribution in [1.29, 1.82) is 0 Å². The van der Waals surface area contributed by atoms with Crippen LogP contribution in [0.25, 0.3) is 10.9 Å². The number of aromatic nitrogens is 1. The molecule has 1 atom stereocenters. The van der Waals surface area contributed by atoms with E-state index in [4.69, 9.17) is 4.74 Å². The Morgan fingerprint density at radius 3 is 2.62 bits per heavy atom. The lowest BCUT2D eigenvalue weighted by Crippen LogP contribution is -2.36. The average Bonchev–Trinajstić information content (AvgIpc) is 2.57. The van der Waals surface area contributed by atoms with Crippen molar-refractivity contribution in [3.8, 4) is 5.75 Å². The Bertz CT molecular complexity index is 610. The number of ether oxygens (including phenoxy) is 1. The minimum atomic E-state index is 0. The second-order valence-electron chi connectivity index (χ2n) is 5.56. The molecule has 2 aromatic rings. The number of fused-ring (bicyclic) bond motifs is 1. The summed E-state index contributed by atoms with van der Waals surface area (Å²) < 4.78 is 5.39. The zero-order valence-electron chi connectivity index (χ0n) is 14.9. The Kier molecular flexibility index (Phi) is 10.8. The summed E-state index contributed by atoms with van der Waals surface area (Å²) in [5.41, 5.74) is 2.03. The van der Waals surface area contributed by atoms with Crippen LogP contribution in [0.15, 0.2) is 30.5 Å². The van der Waals surface area contributed by atoms with Gasteiger partial charge in [-0.2, -0.15) is 0 Å². The SMILES string of the molecule is CCC(C)N(CC)CCNc1cc(OC)cc2cccnc12.Cl.Cl. The molecule has 0 aliphatic carbocycles. The van der Waals surface area contributed by atoms with Crippen molar-refractivity contribution in [2.24, 2.45) is 0 Å². The summed E-state index contributed by atoms with van der Waals surface area (Å²) in [4.78, 5) is 6.98. The molecule has 0 amide bonds. The summed E-state index contributed by atoms with van der Waals surface area (Å²) >= 11 is 0. The summed E-state index contributed by atoms with van der Waals surface area (Å²) in [5.74, 6) is 0.859. The maximum Gasteiger partial charge on any atom is 0.121 e. The molecule has 4 nitrogen and oxygen atoms in total. The molecule has 0 saturated heterocycles. The highest BCUT2D eigenvalue weighted by molar-refractivity contribution is 5.91. The lowest BCUT2D eigenvalue weighted by atomic mass is 10.1. The van der Waals surface area contributed by atoms with E-state index in [1.807, 2.05) is 24.4 Å². The van der Waals surface area contributed by atoms with Crippen LogP contribution in [0.5, 0.6) is 5.75 Å². The summed E-state index contributed by atoms with van der Waals surface area (Å²) in [5, 5.41) is 4.62. The number of pyridine rings is 1. The van der Waals surface area contributed by atoms with Crippen molar-refractivity contribution >= 4 is 41.4 Å². The number of benzene rings is 1. The zero-order chi connectivity index (χ0) is 15.9. The summed E-state index contributed by atoms with van der Waals surface area (Å²) in [6.45, 7) is 9.74. The highest BCUT2D eigenvalue weighted by atomic mass is 35.5. The average molecular weight is 374 g/mol. The molecular formula is C18H29Cl2N3O. The second kappa shape index (κ2) is 11.3. The Balaban J connectivity index is 0.00000264. The molecule has 0 aliphatic rings. The standard InChI is InChI=1S/C18H27N3O.2ClH/c1-5-14(3)21(6-2)11-10-19-17-13-16(22-4)12-15-8-7-9-20-18(15)17;;/h7-9,12-14,19H,5-6,10-11H2,1-4H3;2*1H. The van der Waals surface area contributed by atoms with E-state index in [-0.39, 0.29) is 24.8 Å². The molecule has 1 N–H and O–H groups in total. The van der Waals surface area contributed by atoms with Gasteiger partial charge in [-0.05, 0) is 32.0 Å². The van der Waals surface area contributed by atoms with Gasteiger partial charge in [-0.15, -0.1) is 24.8 Å². The van der Waals surface area contributed by atoms with Crippen LogP contribution in [0, 0.1) is 0 Å². The lowest BCUT2D eigenvalue weighted by Gasteiger charge is -2.27. The van der Waals surface area contributed by atoms with Crippen molar-refractivity contribution in [1.82, 2.24) is 9.88 Å². The highest BCUT2D eigenvalue weighted by Gasteiger charge is 2.10. The zero-order valence-corrected chi connectivity index (χ0v) is 16.5. The van der Waals surface area contributed by atoms with E-state index >= 15 is 0 Å². The van der Waals surface area contributed by atoms with Crippen molar-refractivity contribution in [2.45, 2.75) is 33.2 Å². The summed E-state index contributed by atoms with van der Waals surface area (Å²) in [6.07, 6.45) is 3.01. The van der Waals surface area contributed by atoms with Crippen LogP contribution in [0.4, 0.5) is 5.69 Å². The first-order chi connectivity index (χ1) is 10.7.